The summed E-state index contributed by atoms with van der Waals surface area (Å²) >= 11 is 6.14. The molecule has 2 rings (SSSR count). The number of benzene rings is 2. The number of rotatable bonds is 8. The van der Waals surface area contributed by atoms with Crippen LogP contribution in [0.3, 0.4) is 0 Å². The predicted molar refractivity (Wildman–Crippen MR) is 101 cm³/mol. The molecule has 2 aromatic carbocycles. The number of methoxy groups -OCH3 is 2. The Hall–Kier alpha value is -2.24. The molecule has 25 heavy (non-hydrogen) atoms. The van der Waals surface area contributed by atoms with Crippen molar-refractivity contribution < 1.29 is 14.3 Å². The highest BCUT2D eigenvalue weighted by atomic mass is 35.5. The Bertz CT molecular complexity index is 722. The third kappa shape index (κ3) is 5.66. The summed E-state index contributed by atoms with van der Waals surface area (Å²) in [6.45, 7) is 2.57. The van der Waals surface area contributed by atoms with Crippen molar-refractivity contribution in [2.45, 2.75) is 25.9 Å². The molecule has 0 aliphatic carbocycles. The lowest BCUT2D eigenvalue weighted by Crippen LogP contribution is -2.30. The van der Waals surface area contributed by atoms with Gasteiger partial charge in [0.1, 0.15) is 11.5 Å². The minimum absolute atomic E-state index is 0.00660. The molecule has 5 nitrogen and oxygen atoms in total. The smallest absolute Gasteiger partial charge is 0.226 e. The van der Waals surface area contributed by atoms with Gasteiger partial charge in [-0.3, -0.25) is 4.79 Å². The Morgan fingerprint density at radius 2 is 1.92 bits per heavy atom. The van der Waals surface area contributed by atoms with Crippen LogP contribution in [0.4, 0.5) is 5.69 Å². The summed E-state index contributed by atoms with van der Waals surface area (Å²) in [5.41, 5.74) is 1.59. The van der Waals surface area contributed by atoms with E-state index >= 15 is 0 Å². The van der Waals surface area contributed by atoms with Crippen LogP contribution in [-0.2, 0) is 11.3 Å². The van der Waals surface area contributed by atoms with E-state index in [2.05, 4.69) is 10.6 Å². The predicted octanol–water partition coefficient (Wildman–Crippen LogP) is 3.86. The number of hydrogen-bond acceptors (Lipinski definition) is 4. The Morgan fingerprint density at radius 1 is 1.16 bits per heavy atom. The van der Waals surface area contributed by atoms with Crippen molar-refractivity contribution in [2.75, 3.05) is 19.5 Å². The van der Waals surface area contributed by atoms with Gasteiger partial charge in [0.05, 0.1) is 19.9 Å². The molecule has 1 unspecified atom stereocenters. The zero-order chi connectivity index (χ0) is 18.2. The molecule has 0 radical (unpaired) electrons. The highest BCUT2D eigenvalue weighted by Gasteiger charge is 2.13. The van der Waals surface area contributed by atoms with Gasteiger partial charge < -0.3 is 20.1 Å². The lowest BCUT2D eigenvalue weighted by molar-refractivity contribution is -0.116. The molecule has 2 N–H and O–H groups in total. The van der Waals surface area contributed by atoms with Crippen LogP contribution < -0.4 is 20.1 Å². The molecule has 0 aromatic heterocycles. The third-order valence-electron chi connectivity index (χ3n) is 3.77. The van der Waals surface area contributed by atoms with E-state index in [4.69, 9.17) is 21.1 Å². The lowest BCUT2D eigenvalue weighted by atomic mass is 10.1. The van der Waals surface area contributed by atoms with Crippen molar-refractivity contribution >= 4 is 23.2 Å². The standard InChI is InChI=1S/C19H23ClN2O3/c1-13(21-12-14-6-4-5-7-16(14)20)10-19(23)22-17-11-15(24-2)8-9-18(17)25-3/h4-9,11,13,21H,10,12H2,1-3H3,(H,22,23). The second kappa shape index (κ2) is 9.30. The summed E-state index contributed by atoms with van der Waals surface area (Å²) in [6, 6.07) is 12.9. The summed E-state index contributed by atoms with van der Waals surface area (Å²) in [5, 5.41) is 6.89. The van der Waals surface area contributed by atoms with Crippen molar-refractivity contribution in [3.63, 3.8) is 0 Å². The molecule has 0 saturated heterocycles. The fourth-order valence-corrected chi connectivity index (χ4v) is 2.59. The van der Waals surface area contributed by atoms with Gasteiger partial charge in [-0.1, -0.05) is 29.8 Å². The summed E-state index contributed by atoms with van der Waals surface area (Å²) in [5.74, 6) is 1.14. The van der Waals surface area contributed by atoms with Crippen LogP contribution in [0.5, 0.6) is 11.5 Å². The Balaban J connectivity index is 1.90. The topological polar surface area (TPSA) is 59.6 Å². The fraction of sp³-hybridized carbons (Fsp3) is 0.316. The fourth-order valence-electron chi connectivity index (χ4n) is 2.39. The first-order chi connectivity index (χ1) is 12.0. The van der Waals surface area contributed by atoms with E-state index < -0.39 is 0 Å². The molecule has 2 aromatic rings. The average molecular weight is 363 g/mol. The molecular weight excluding hydrogens is 340 g/mol. The first-order valence-corrected chi connectivity index (χ1v) is 8.40. The van der Waals surface area contributed by atoms with Crippen molar-refractivity contribution in [3.8, 4) is 11.5 Å². The van der Waals surface area contributed by atoms with E-state index in [0.29, 0.717) is 35.2 Å². The largest absolute Gasteiger partial charge is 0.497 e. The van der Waals surface area contributed by atoms with E-state index in [0.717, 1.165) is 5.56 Å². The minimum atomic E-state index is -0.106. The number of carbonyl (C=O) groups is 1. The van der Waals surface area contributed by atoms with E-state index in [9.17, 15) is 4.79 Å². The summed E-state index contributed by atoms with van der Waals surface area (Å²) in [7, 11) is 3.14. The maximum absolute atomic E-state index is 12.3. The van der Waals surface area contributed by atoms with Crippen LogP contribution in [0.2, 0.25) is 5.02 Å². The van der Waals surface area contributed by atoms with Gasteiger partial charge in [0.15, 0.2) is 0 Å². The van der Waals surface area contributed by atoms with Crippen LogP contribution in [0.1, 0.15) is 18.9 Å². The van der Waals surface area contributed by atoms with Gasteiger partial charge in [-0.25, -0.2) is 0 Å². The lowest BCUT2D eigenvalue weighted by Gasteiger charge is -2.16. The van der Waals surface area contributed by atoms with Crippen LogP contribution in [-0.4, -0.2) is 26.2 Å². The molecular formula is C19H23ClN2O3. The second-order valence-corrected chi connectivity index (χ2v) is 6.10. The van der Waals surface area contributed by atoms with Crippen LogP contribution >= 0.6 is 11.6 Å². The maximum atomic E-state index is 12.3. The van der Waals surface area contributed by atoms with E-state index in [1.54, 1.807) is 32.4 Å². The van der Waals surface area contributed by atoms with Crippen LogP contribution in [0, 0.1) is 0 Å². The molecule has 6 heteroatoms. The Kier molecular flexibility index (Phi) is 7.10. The van der Waals surface area contributed by atoms with Gasteiger partial charge in [-0.15, -0.1) is 0 Å². The van der Waals surface area contributed by atoms with Gasteiger partial charge >= 0.3 is 0 Å². The molecule has 0 bridgehead atoms. The number of amides is 1. The molecule has 134 valence electrons. The van der Waals surface area contributed by atoms with E-state index in [1.807, 2.05) is 31.2 Å². The van der Waals surface area contributed by atoms with Gasteiger partial charge in [-0.2, -0.15) is 0 Å². The third-order valence-corrected chi connectivity index (χ3v) is 4.14. The zero-order valence-corrected chi connectivity index (χ0v) is 15.4. The van der Waals surface area contributed by atoms with Gasteiger partial charge in [0.25, 0.3) is 0 Å². The Labute approximate surface area is 153 Å². The second-order valence-electron chi connectivity index (χ2n) is 5.69. The average Bonchev–Trinajstić information content (AvgIpc) is 2.60. The molecule has 1 atom stereocenters. The number of halogens is 1. The van der Waals surface area contributed by atoms with E-state index in [-0.39, 0.29) is 11.9 Å². The molecule has 0 aliphatic rings. The number of anilines is 1. The quantitative estimate of drug-likeness (QED) is 0.748. The number of nitrogens with one attached hydrogen (secondary N) is 2. The van der Waals surface area contributed by atoms with Crippen LogP contribution in [0.25, 0.3) is 0 Å². The highest BCUT2D eigenvalue weighted by Crippen LogP contribution is 2.29. The normalized spacial score (nSPS) is 11.7. The Morgan fingerprint density at radius 3 is 2.60 bits per heavy atom. The molecule has 0 aliphatic heterocycles. The van der Waals surface area contributed by atoms with Crippen molar-refractivity contribution in [1.29, 1.82) is 0 Å². The van der Waals surface area contributed by atoms with Gasteiger partial charge in [0, 0.05) is 30.1 Å². The molecule has 0 spiro atoms. The van der Waals surface area contributed by atoms with Crippen molar-refractivity contribution in [2.24, 2.45) is 0 Å². The van der Waals surface area contributed by atoms with E-state index in [1.165, 1.54) is 0 Å². The minimum Gasteiger partial charge on any atom is -0.497 e. The summed E-state index contributed by atoms with van der Waals surface area (Å²) < 4.78 is 10.5. The van der Waals surface area contributed by atoms with Crippen molar-refractivity contribution in [3.05, 3.63) is 53.1 Å². The first-order valence-electron chi connectivity index (χ1n) is 8.02. The molecule has 0 fully saturated rings. The van der Waals surface area contributed by atoms with Crippen LogP contribution in [0.15, 0.2) is 42.5 Å². The maximum Gasteiger partial charge on any atom is 0.226 e. The highest BCUT2D eigenvalue weighted by molar-refractivity contribution is 6.31. The first kappa shape index (κ1) is 19.1. The number of carbonyl (C=O) groups excluding carboxylic acids is 1. The molecule has 1 amide bonds. The molecule has 0 heterocycles. The summed E-state index contributed by atoms with van der Waals surface area (Å²) in [6.07, 6.45) is 0.324. The van der Waals surface area contributed by atoms with Crippen molar-refractivity contribution in [1.82, 2.24) is 5.32 Å². The monoisotopic (exact) mass is 362 g/mol. The number of hydrogen-bond donors (Lipinski definition) is 2. The SMILES string of the molecule is COc1ccc(OC)c(NC(=O)CC(C)NCc2ccccc2Cl)c1. The van der Waals surface area contributed by atoms with Gasteiger partial charge in [-0.05, 0) is 30.7 Å². The zero-order valence-electron chi connectivity index (χ0n) is 14.6. The number of ether oxygens (including phenoxy) is 2. The molecule has 0 saturated carbocycles. The summed E-state index contributed by atoms with van der Waals surface area (Å²) in [4.78, 5) is 12.3. The van der Waals surface area contributed by atoms with Gasteiger partial charge in [0.2, 0.25) is 5.91 Å².